The highest BCUT2D eigenvalue weighted by Crippen LogP contribution is 2.29. The maximum absolute atomic E-state index is 13.5. The Bertz CT molecular complexity index is 1620. The first-order valence-corrected chi connectivity index (χ1v) is 10.4. The first kappa shape index (κ1) is 11.4. The summed E-state index contributed by atoms with van der Waals surface area (Å²) >= 11 is 0.497. The second kappa shape index (κ2) is 8.04. The van der Waals surface area contributed by atoms with Crippen LogP contribution in [0.2, 0.25) is 2.82 Å². The first-order valence-electron chi connectivity index (χ1n) is 13.5. The molecule has 1 amide bonds. The fourth-order valence-corrected chi connectivity index (χ4v) is 4.63. The lowest BCUT2D eigenvalue weighted by Crippen LogP contribution is -2.20. The van der Waals surface area contributed by atoms with Gasteiger partial charge in [-0.1, -0.05) is 11.2 Å². The molecule has 30 heavy (non-hydrogen) atoms. The van der Waals surface area contributed by atoms with Gasteiger partial charge in [0, 0.05) is 23.5 Å². The molecule has 0 spiro atoms. The van der Waals surface area contributed by atoms with Crippen LogP contribution in [0.3, 0.4) is 0 Å². The zero-order chi connectivity index (χ0) is 31.5. The quantitative estimate of drug-likeness (QED) is 0.534. The Labute approximate surface area is 193 Å². The van der Waals surface area contributed by atoms with Crippen molar-refractivity contribution in [3.63, 3.8) is 0 Å². The zero-order valence-corrected chi connectivity index (χ0v) is 17.1. The van der Waals surface area contributed by atoms with Gasteiger partial charge in [0.05, 0.1) is 11.4 Å². The number of carbonyl (C=O) groups excluding carboxylic acids is 2. The summed E-state index contributed by atoms with van der Waals surface area (Å²) < 4.78 is 117. The van der Waals surface area contributed by atoms with E-state index in [-0.39, 0.29) is 15.7 Å². The Kier molecular flexibility index (Phi) is 3.06. The number of rotatable bonds is 6. The van der Waals surface area contributed by atoms with Gasteiger partial charge in [0.1, 0.15) is 9.77 Å². The molecule has 0 aliphatic rings. The summed E-state index contributed by atoms with van der Waals surface area (Å²) in [5.41, 5.74) is -3.59. The molecule has 0 saturated heterocycles. The van der Waals surface area contributed by atoms with E-state index >= 15 is 0 Å². The van der Waals surface area contributed by atoms with Crippen molar-refractivity contribution in [1.29, 1.82) is 0 Å². The van der Waals surface area contributed by atoms with E-state index in [1.165, 1.54) is 6.92 Å². The van der Waals surface area contributed by atoms with Gasteiger partial charge in [0.2, 0.25) is 5.88 Å². The molecule has 0 aliphatic carbocycles. The lowest BCUT2D eigenvalue weighted by Gasteiger charge is -2.14. The van der Waals surface area contributed by atoms with Crippen LogP contribution in [-0.2, 0) is 10.0 Å². The molecule has 0 radical (unpaired) electrons. The van der Waals surface area contributed by atoms with Gasteiger partial charge in [-0.2, -0.15) is 0 Å². The molecule has 8 nitrogen and oxygen atoms in total. The number of amides is 1. The van der Waals surface area contributed by atoms with Crippen molar-refractivity contribution >= 4 is 44.6 Å². The highest BCUT2D eigenvalue weighted by molar-refractivity contribution is 7.93. The Morgan fingerprint density at radius 2 is 2.07 bits per heavy atom. The monoisotopic (exact) mass is 458 g/mol. The molecule has 0 aliphatic heterocycles. The van der Waals surface area contributed by atoms with Gasteiger partial charge in [-0.05, 0) is 63.0 Å². The second-order valence-electron chi connectivity index (χ2n) is 6.02. The van der Waals surface area contributed by atoms with Gasteiger partial charge in [0.15, 0.2) is 8.61 Å². The molecule has 2 N–H and O–H groups in total. The number of sulfonamides is 1. The fourth-order valence-electron chi connectivity index (χ4n) is 2.41. The lowest BCUT2D eigenvalue weighted by atomic mass is 10.0. The van der Waals surface area contributed by atoms with Crippen LogP contribution in [0, 0.1) is 27.5 Å². The number of aromatic nitrogens is 1. The molecule has 0 unspecified atom stereocenters. The number of hydrogen-bond acceptors (Lipinski definition) is 7. The second-order valence-corrected chi connectivity index (χ2v) is 8.51. The van der Waals surface area contributed by atoms with Gasteiger partial charge >= 0.3 is 0 Å². The highest BCUT2D eigenvalue weighted by Gasteiger charge is 2.27. The highest BCUT2D eigenvalue weighted by atomic mass is 32.2. The largest absolute Gasteiger partial charge is 0.337 e. The maximum atomic E-state index is 13.5. The Morgan fingerprint density at radius 1 is 1.27 bits per heavy atom. The van der Waals surface area contributed by atoms with Crippen LogP contribution in [0.5, 0.6) is 0 Å². The molecule has 158 valence electrons. The van der Waals surface area contributed by atoms with Crippen LogP contribution in [0.25, 0.3) is 0 Å². The van der Waals surface area contributed by atoms with E-state index in [4.69, 9.17) is 19.7 Å². The van der Waals surface area contributed by atoms with Crippen LogP contribution in [0.4, 0.5) is 11.6 Å². The van der Waals surface area contributed by atoms with Crippen LogP contribution in [-0.4, -0.2) is 25.3 Å². The van der Waals surface area contributed by atoms with E-state index in [0.717, 1.165) is 30.5 Å². The summed E-state index contributed by atoms with van der Waals surface area (Å²) in [6.45, 7) is -6.70. The van der Waals surface area contributed by atoms with Gasteiger partial charge < -0.3 is 9.83 Å². The van der Waals surface area contributed by atoms with Crippen molar-refractivity contribution in [2.24, 2.45) is 0 Å². The molecule has 0 saturated carbocycles. The van der Waals surface area contributed by atoms with E-state index in [1.807, 2.05) is 0 Å². The predicted octanol–water partition coefficient (Wildman–Crippen LogP) is 4.23. The van der Waals surface area contributed by atoms with Crippen molar-refractivity contribution in [2.45, 2.75) is 39.3 Å². The summed E-state index contributed by atoms with van der Waals surface area (Å²) in [6, 6.07) is 2.45. The van der Waals surface area contributed by atoms with Crippen molar-refractivity contribution in [3.8, 4) is 0 Å². The van der Waals surface area contributed by atoms with Gasteiger partial charge in [0.25, 0.3) is 15.9 Å². The number of anilines is 2. The van der Waals surface area contributed by atoms with E-state index in [0.29, 0.717) is 11.3 Å². The molecule has 0 bridgehead atoms. The minimum Gasteiger partial charge on any atom is -0.337 e. The zero-order valence-electron chi connectivity index (χ0n) is 26.5. The Balaban J connectivity index is 2.19. The van der Waals surface area contributed by atoms with Gasteiger partial charge in [-0.25, -0.2) is 13.1 Å². The molecule has 2 aromatic heterocycles. The molecule has 0 atom stereocenters. The molecule has 0 fully saturated rings. The number of hydrogen-bond donors (Lipinski definition) is 2. The molecule has 10 heteroatoms. The Hall–Kier alpha value is -2.98. The molecule has 2 heterocycles. The number of aryl methyl sites for hydroxylation is 3. The first-order chi connectivity index (χ1) is 18.5. The number of benzene rings is 1. The third-order valence-electron chi connectivity index (χ3n) is 3.85. The summed E-state index contributed by atoms with van der Waals surface area (Å²) in [6.07, 6.45) is 0. The van der Waals surface area contributed by atoms with Crippen molar-refractivity contribution in [3.05, 3.63) is 56.4 Å². The average Bonchev–Trinajstić information content (AvgIpc) is 3.47. The smallest absolute Gasteiger partial charge is 0.267 e. The minimum absolute atomic E-state index is 0.0344. The van der Waals surface area contributed by atoms with Crippen LogP contribution in [0.1, 0.15) is 61.7 Å². The number of carbonyl (C=O) groups is 2. The molecular formula is C20H21N3O5S2. The van der Waals surface area contributed by atoms with E-state index in [9.17, 15) is 18.0 Å². The molecule has 1 aromatic carbocycles. The normalized spacial score (nSPS) is 18.0. The third-order valence-corrected chi connectivity index (χ3v) is 6.19. The maximum Gasteiger partial charge on any atom is 0.267 e. The topological polar surface area (TPSA) is 118 Å². The van der Waals surface area contributed by atoms with E-state index in [1.54, 1.807) is 0 Å². The van der Waals surface area contributed by atoms with Crippen molar-refractivity contribution in [1.82, 2.24) is 5.16 Å². The summed E-state index contributed by atoms with van der Waals surface area (Å²) in [5, 5.41) is 4.50. The molecule has 3 rings (SSSR count). The van der Waals surface area contributed by atoms with Gasteiger partial charge in [-0.15, -0.1) is 11.3 Å². The number of nitrogens with one attached hydrogen (secondary N) is 2. The summed E-state index contributed by atoms with van der Waals surface area (Å²) in [5.74, 6) is -3.28. The van der Waals surface area contributed by atoms with E-state index in [2.05, 4.69) is 5.16 Å². The van der Waals surface area contributed by atoms with E-state index < -0.39 is 85.9 Å². The molecule has 3 aromatic rings. The lowest BCUT2D eigenvalue weighted by molar-refractivity contribution is 0.101. The molecular weight excluding hydrogens is 426 g/mol. The van der Waals surface area contributed by atoms with Crippen molar-refractivity contribution < 1.29 is 37.7 Å². The third kappa shape index (κ3) is 4.14. The number of ketones is 1. The SMILES string of the molecule is [2H]N(C(=O)c1sccc1S(=O)(=O)N([2H])c1onc(C)c1C([2H])([2H])[2H])c1c(C(C)=O)cc(C([2H])([2H])[2H])cc1C([2H])([2H])[2H]. The fraction of sp³-hybridized carbons (Fsp3) is 0.250. The number of Topliss-reactive ketones (excluding diaryl/α,β-unsaturated/α-hetero) is 1. The van der Waals surface area contributed by atoms with Gasteiger partial charge in [-0.3, -0.25) is 9.59 Å². The number of nitrogens with zero attached hydrogens (tertiary/aromatic N) is 1. The minimum atomic E-state index is -5.06. The average molecular weight is 459 g/mol. The van der Waals surface area contributed by atoms with Crippen molar-refractivity contribution in [2.75, 3.05) is 10.0 Å². The van der Waals surface area contributed by atoms with Crippen LogP contribution < -0.4 is 10.0 Å². The standard InChI is InChI=1S/C20H21N3O5S2/c1-10-8-11(2)17(15(9-10)14(5)24)21-19(25)18-16(6-7-29-18)30(26,27)23-20-12(3)13(4)22-28-20/h6-9,23H,1-5H3,(H,21,25)/i1D3,2D3,3D3/hD2. The number of thiophene rings is 1. The van der Waals surface area contributed by atoms with Crippen LogP contribution >= 0.6 is 11.3 Å². The predicted molar refractivity (Wildman–Crippen MR) is 115 cm³/mol. The Morgan fingerprint density at radius 3 is 2.73 bits per heavy atom. The van der Waals surface area contributed by atoms with Crippen LogP contribution in [0.15, 0.2) is 33.0 Å². The summed E-state index contributed by atoms with van der Waals surface area (Å²) in [7, 11) is -5.06. The summed E-state index contributed by atoms with van der Waals surface area (Å²) in [4.78, 5) is 24.4.